The predicted molar refractivity (Wildman–Crippen MR) is 32.1 cm³/mol. The number of hydrogen-bond acceptors (Lipinski definition) is 6. The summed E-state index contributed by atoms with van der Waals surface area (Å²) in [5.41, 5.74) is 0. The summed E-state index contributed by atoms with van der Waals surface area (Å²) in [6.45, 7) is -0.715. The molecule has 0 bridgehead atoms. The molecule has 0 unspecified atom stereocenters. The number of carboxylic acid groups (broad SMARTS) is 1. The summed E-state index contributed by atoms with van der Waals surface area (Å²) in [4.78, 5) is 20.7. The van der Waals surface area contributed by atoms with Gasteiger partial charge in [0.2, 0.25) is 0 Å². The van der Waals surface area contributed by atoms with Gasteiger partial charge in [0.25, 0.3) is 5.82 Å². The van der Waals surface area contributed by atoms with Gasteiger partial charge < -0.3 is 9.84 Å². The van der Waals surface area contributed by atoms with Crippen LogP contribution >= 0.6 is 0 Å². The van der Waals surface area contributed by atoms with Gasteiger partial charge in [-0.05, 0) is 5.21 Å². The Balaban J connectivity index is 2.45. The first-order valence-corrected chi connectivity index (χ1v) is 2.82. The van der Waals surface area contributed by atoms with Crippen LogP contribution < -0.4 is 0 Å². The molecule has 2 N–H and O–H groups in total. The molecule has 8 nitrogen and oxygen atoms in total. The van der Waals surface area contributed by atoms with Crippen molar-refractivity contribution in [2.24, 2.45) is 0 Å². The normalized spacial score (nSPS) is 9.33. The van der Waals surface area contributed by atoms with Gasteiger partial charge in [0.1, 0.15) is 0 Å². The summed E-state index contributed by atoms with van der Waals surface area (Å²) in [6.07, 6.45) is 0. The van der Waals surface area contributed by atoms with Gasteiger partial charge in [-0.15, -0.1) is 10.2 Å². The summed E-state index contributed by atoms with van der Waals surface area (Å²) < 4.78 is 4.22. The number of rotatable bonds is 3. The van der Waals surface area contributed by atoms with Gasteiger partial charge >= 0.3 is 11.9 Å². The van der Waals surface area contributed by atoms with Gasteiger partial charge in [-0.3, -0.25) is 0 Å². The van der Waals surface area contributed by atoms with E-state index < -0.39 is 18.5 Å². The lowest BCUT2D eigenvalue weighted by Gasteiger charge is -1.94. The van der Waals surface area contributed by atoms with Crippen molar-refractivity contribution in [1.82, 2.24) is 20.6 Å². The minimum Gasteiger partial charge on any atom is -0.479 e. The number of hydrogen-bond donors (Lipinski definition) is 2. The van der Waals surface area contributed by atoms with Crippen molar-refractivity contribution in [3.63, 3.8) is 0 Å². The molecule has 64 valence electrons. The number of aromatic nitrogens is 4. The van der Waals surface area contributed by atoms with Crippen LogP contribution in [0.1, 0.15) is 10.6 Å². The number of carbonyl (C=O) groups excluding carboxylic acids is 1. The number of carboxylic acids is 1. The number of aliphatic carboxylic acids is 1. The van der Waals surface area contributed by atoms with E-state index in [1.165, 1.54) is 0 Å². The fourth-order valence-corrected chi connectivity index (χ4v) is 0.440. The van der Waals surface area contributed by atoms with E-state index in [2.05, 4.69) is 20.1 Å². The van der Waals surface area contributed by atoms with Crippen LogP contribution in [0.15, 0.2) is 0 Å². The average Bonchev–Trinajstić information content (AvgIpc) is 2.51. The fourth-order valence-electron chi connectivity index (χ4n) is 0.440. The number of esters is 1. The Morgan fingerprint density at radius 2 is 2.33 bits per heavy atom. The van der Waals surface area contributed by atoms with Crippen LogP contribution in [0.25, 0.3) is 0 Å². The molecule has 0 saturated carbocycles. The lowest BCUT2D eigenvalue weighted by molar-refractivity contribution is -0.140. The first-order chi connectivity index (χ1) is 5.70. The molecule has 0 aliphatic carbocycles. The third-order valence-electron chi connectivity index (χ3n) is 0.855. The molecule has 1 aromatic rings. The number of nitrogens with zero attached hydrogens (tertiary/aromatic N) is 3. The second-order valence-corrected chi connectivity index (χ2v) is 1.71. The quantitative estimate of drug-likeness (QED) is 0.529. The molecule has 0 aliphatic rings. The number of carbonyl (C=O) groups is 2. The van der Waals surface area contributed by atoms with Crippen molar-refractivity contribution in [3.05, 3.63) is 5.82 Å². The predicted octanol–water partition coefficient (Wildman–Crippen LogP) is -1.56. The van der Waals surface area contributed by atoms with Crippen molar-refractivity contribution in [2.45, 2.75) is 0 Å². The summed E-state index contributed by atoms with van der Waals surface area (Å²) >= 11 is 0. The lowest BCUT2D eigenvalue weighted by Crippen LogP contribution is -2.14. The van der Waals surface area contributed by atoms with Crippen LogP contribution in [-0.2, 0) is 9.53 Å². The minimum absolute atomic E-state index is 0.295. The fraction of sp³-hybridized carbons (Fsp3) is 0.250. The van der Waals surface area contributed by atoms with Crippen LogP contribution in [0.4, 0.5) is 0 Å². The number of aromatic amines is 1. The first kappa shape index (κ1) is 8.11. The monoisotopic (exact) mass is 172 g/mol. The van der Waals surface area contributed by atoms with Crippen LogP contribution in [0, 0.1) is 0 Å². The molecule has 0 aliphatic heterocycles. The zero-order valence-corrected chi connectivity index (χ0v) is 5.72. The molecule has 1 rings (SSSR count). The van der Waals surface area contributed by atoms with Gasteiger partial charge in [0.05, 0.1) is 0 Å². The summed E-state index contributed by atoms with van der Waals surface area (Å²) in [6, 6.07) is 0. The van der Waals surface area contributed by atoms with E-state index in [9.17, 15) is 9.59 Å². The van der Waals surface area contributed by atoms with Gasteiger partial charge in [-0.25, -0.2) is 9.59 Å². The Kier molecular flexibility index (Phi) is 2.31. The van der Waals surface area contributed by atoms with E-state index in [-0.39, 0.29) is 5.82 Å². The molecule has 0 atom stereocenters. The van der Waals surface area contributed by atoms with E-state index >= 15 is 0 Å². The summed E-state index contributed by atoms with van der Waals surface area (Å²) in [5.74, 6) is -2.46. The Hall–Kier alpha value is -1.99. The van der Waals surface area contributed by atoms with E-state index in [0.29, 0.717) is 0 Å². The van der Waals surface area contributed by atoms with E-state index in [0.717, 1.165) is 0 Å². The molecule has 0 saturated heterocycles. The molecule has 0 fully saturated rings. The van der Waals surface area contributed by atoms with Crippen molar-refractivity contribution in [1.29, 1.82) is 0 Å². The SMILES string of the molecule is O=C(O)COC(=O)c1nn[nH]n1. The topological polar surface area (TPSA) is 118 Å². The maximum atomic E-state index is 10.7. The van der Waals surface area contributed by atoms with Crippen LogP contribution in [0.2, 0.25) is 0 Å². The Morgan fingerprint density at radius 3 is 2.83 bits per heavy atom. The van der Waals surface area contributed by atoms with E-state index in [4.69, 9.17) is 5.11 Å². The van der Waals surface area contributed by atoms with E-state index in [1.807, 2.05) is 5.21 Å². The Bertz CT molecular complexity index is 281. The smallest absolute Gasteiger partial charge is 0.380 e. The summed E-state index contributed by atoms with van der Waals surface area (Å²) in [7, 11) is 0. The molecule has 0 radical (unpaired) electrons. The Labute approximate surface area is 65.5 Å². The first-order valence-electron chi connectivity index (χ1n) is 2.82. The zero-order chi connectivity index (χ0) is 8.97. The summed E-state index contributed by atoms with van der Waals surface area (Å²) in [5, 5.41) is 19.8. The molecule has 8 heteroatoms. The van der Waals surface area contributed by atoms with Gasteiger partial charge in [0, 0.05) is 0 Å². The highest BCUT2D eigenvalue weighted by atomic mass is 16.6. The molecule has 12 heavy (non-hydrogen) atoms. The van der Waals surface area contributed by atoms with Gasteiger partial charge in [-0.2, -0.15) is 5.21 Å². The number of tetrazole rings is 1. The van der Waals surface area contributed by atoms with Crippen molar-refractivity contribution in [3.8, 4) is 0 Å². The molecular weight excluding hydrogens is 168 g/mol. The van der Waals surface area contributed by atoms with E-state index in [1.54, 1.807) is 0 Å². The molecule has 1 aromatic heterocycles. The Morgan fingerprint density at radius 1 is 1.58 bits per heavy atom. The molecule has 1 heterocycles. The third-order valence-corrected chi connectivity index (χ3v) is 0.855. The molecule has 0 spiro atoms. The van der Waals surface area contributed by atoms with Crippen LogP contribution in [-0.4, -0.2) is 44.3 Å². The van der Waals surface area contributed by atoms with Crippen molar-refractivity contribution >= 4 is 11.9 Å². The highest BCUT2D eigenvalue weighted by molar-refractivity contribution is 5.86. The highest BCUT2D eigenvalue weighted by Crippen LogP contribution is 1.88. The number of nitrogens with one attached hydrogen (secondary N) is 1. The van der Waals surface area contributed by atoms with Gasteiger partial charge in [0.15, 0.2) is 6.61 Å². The largest absolute Gasteiger partial charge is 0.479 e. The number of H-pyrrole nitrogens is 1. The van der Waals surface area contributed by atoms with Crippen molar-refractivity contribution in [2.75, 3.05) is 6.61 Å². The minimum atomic E-state index is -1.24. The second-order valence-electron chi connectivity index (χ2n) is 1.71. The molecular formula is C4H4N4O4. The number of ether oxygens (including phenoxy) is 1. The van der Waals surface area contributed by atoms with Crippen LogP contribution in [0.5, 0.6) is 0 Å². The zero-order valence-electron chi connectivity index (χ0n) is 5.72. The van der Waals surface area contributed by atoms with Gasteiger partial charge in [-0.1, -0.05) is 0 Å². The van der Waals surface area contributed by atoms with Crippen LogP contribution in [0.3, 0.4) is 0 Å². The molecule has 0 amide bonds. The maximum Gasteiger partial charge on any atom is 0.380 e. The standard InChI is InChI=1S/C4H4N4O4/c9-2(10)1-12-4(11)3-5-7-8-6-3/h1H2,(H,9,10)(H,5,6,7,8). The average molecular weight is 172 g/mol. The maximum absolute atomic E-state index is 10.7. The lowest BCUT2D eigenvalue weighted by atomic mass is 10.6. The second kappa shape index (κ2) is 3.42. The molecule has 0 aromatic carbocycles. The third kappa shape index (κ3) is 2.01. The highest BCUT2D eigenvalue weighted by Gasteiger charge is 2.13. The van der Waals surface area contributed by atoms with Crippen molar-refractivity contribution < 1.29 is 19.4 Å².